The molecule has 0 aliphatic rings. The summed E-state index contributed by atoms with van der Waals surface area (Å²) >= 11 is 7.66. The highest BCUT2D eigenvalue weighted by atomic mass is 35.5. The number of benzene rings is 1. The first-order chi connectivity index (χ1) is 12.7. The Labute approximate surface area is 157 Å². The van der Waals surface area contributed by atoms with Crippen molar-refractivity contribution in [1.29, 1.82) is 0 Å². The highest BCUT2D eigenvalue weighted by molar-refractivity contribution is 7.08. The van der Waals surface area contributed by atoms with Crippen LogP contribution in [0.15, 0.2) is 62.2 Å². The van der Waals surface area contributed by atoms with Gasteiger partial charge in [-0.05, 0) is 35.7 Å². The number of aromatic nitrogens is 2. The van der Waals surface area contributed by atoms with E-state index >= 15 is 0 Å². The standard InChI is InChI=1S/C18H11ClN2O4S/c19-13-4-2-1-3-12(13)14-5-6-15(24-14)18(22)23-9-16-20-17(21-25-16)11-7-8-26-10-11/h1-8,10H,9H2. The molecule has 0 fully saturated rings. The molecule has 0 radical (unpaired) electrons. The molecule has 0 aliphatic heterocycles. The van der Waals surface area contributed by atoms with Crippen LogP contribution in [0, 0.1) is 0 Å². The van der Waals surface area contributed by atoms with Crippen molar-refractivity contribution in [3.63, 3.8) is 0 Å². The summed E-state index contributed by atoms with van der Waals surface area (Å²) in [7, 11) is 0. The summed E-state index contributed by atoms with van der Waals surface area (Å²) in [5.74, 6) is 0.588. The number of furan rings is 1. The molecule has 3 aromatic heterocycles. The molecule has 3 heterocycles. The molecule has 26 heavy (non-hydrogen) atoms. The summed E-state index contributed by atoms with van der Waals surface area (Å²) < 4.78 is 15.8. The smallest absolute Gasteiger partial charge is 0.374 e. The third kappa shape index (κ3) is 3.40. The second-order valence-corrected chi connectivity index (χ2v) is 6.43. The van der Waals surface area contributed by atoms with Crippen molar-refractivity contribution >= 4 is 28.9 Å². The zero-order chi connectivity index (χ0) is 17.9. The summed E-state index contributed by atoms with van der Waals surface area (Å²) in [5.41, 5.74) is 1.55. The first kappa shape index (κ1) is 16.6. The zero-order valence-electron chi connectivity index (χ0n) is 13.2. The molecule has 8 heteroatoms. The second-order valence-electron chi connectivity index (χ2n) is 5.24. The van der Waals surface area contributed by atoms with Crippen LogP contribution in [0.25, 0.3) is 22.7 Å². The van der Waals surface area contributed by atoms with Crippen LogP contribution >= 0.6 is 22.9 Å². The number of halogens is 1. The number of ether oxygens (including phenoxy) is 1. The van der Waals surface area contributed by atoms with Gasteiger partial charge in [0, 0.05) is 16.5 Å². The van der Waals surface area contributed by atoms with Crippen LogP contribution in [0.2, 0.25) is 5.02 Å². The Morgan fingerprint density at radius 3 is 2.88 bits per heavy atom. The number of thiophene rings is 1. The summed E-state index contributed by atoms with van der Waals surface area (Å²) in [6, 6.07) is 12.3. The van der Waals surface area contributed by atoms with Gasteiger partial charge in [-0.3, -0.25) is 0 Å². The summed E-state index contributed by atoms with van der Waals surface area (Å²) in [4.78, 5) is 16.3. The van der Waals surface area contributed by atoms with Gasteiger partial charge < -0.3 is 13.7 Å². The summed E-state index contributed by atoms with van der Waals surface area (Å²) in [6.07, 6.45) is 0. The quantitative estimate of drug-likeness (QED) is 0.445. The van der Waals surface area contributed by atoms with Gasteiger partial charge in [-0.25, -0.2) is 4.79 Å². The number of esters is 1. The van der Waals surface area contributed by atoms with Gasteiger partial charge in [0.05, 0.1) is 5.02 Å². The molecule has 0 unspecified atom stereocenters. The SMILES string of the molecule is O=C(OCc1nc(-c2ccsc2)no1)c1ccc(-c2ccccc2Cl)o1. The fraction of sp³-hybridized carbons (Fsp3) is 0.0556. The monoisotopic (exact) mass is 386 g/mol. The highest BCUT2D eigenvalue weighted by Gasteiger charge is 2.17. The molecular formula is C18H11ClN2O4S. The van der Waals surface area contributed by atoms with Crippen molar-refractivity contribution in [2.24, 2.45) is 0 Å². The lowest BCUT2D eigenvalue weighted by atomic mass is 10.2. The zero-order valence-corrected chi connectivity index (χ0v) is 14.8. The number of hydrogen-bond acceptors (Lipinski definition) is 7. The van der Waals surface area contributed by atoms with Gasteiger partial charge in [0.25, 0.3) is 5.89 Å². The number of nitrogens with zero attached hydrogens (tertiary/aromatic N) is 2. The predicted molar refractivity (Wildman–Crippen MR) is 95.9 cm³/mol. The lowest BCUT2D eigenvalue weighted by Gasteiger charge is -2.00. The Kier molecular flexibility index (Phi) is 4.55. The highest BCUT2D eigenvalue weighted by Crippen LogP contribution is 2.29. The van der Waals surface area contributed by atoms with Crippen molar-refractivity contribution in [2.75, 3.05) is 0 Å². The van der Waals surface area contributed by atoms with Gasteiger partial charge in [-0.15, -0.1) is 0 Å². The van der Waals surface area contributed by atoms with Crippen LogP contribution < -0.4 is 0 Å². The van der Waals surface area contributed by atoms with E-state index in [1.165, 1.54) is 17.4 Å². The fourth-order valence-corrected chi connectivity index (χ4v) is 3.14. The van der Waals surface area contributed by atoms with E-state index in [2.05, 4.69) is 10.1 Å². The van der Waals surface area contributed by atoms with E-state index in [1.54, 1.807) is 18.2 Å². The third-order valence-corrected chi connectivity index (χ3v) is 4.53. The van der Waals surface area contributed by atoms with Gasteiger partial charge >= 0.3 is 5.97 Å². The molecule has 0 saturated carbocycles. The number of rotatable bonds is 5. The van der Waals surface area contributed by atoms with Gasteiger partial charge in [0.1, 0.15) is 5.76 Å². The Balaban J connectivity index is 1.42. The minimum absolute atomic E-state index is 0.0671. The first-order valence-corrected chi connectivity index (χ1v) is 8.90. The Hall–Kier alpha value is -2.90. The number of carbonyl (C=O) groups is 1. The lowest BCUT2D eigenvalue weighted by Crippen LogP contribution is -2.04. The Morgan fingerprint density at radius 2 is 2.08 bits per heavy atom. The van der Waals surface area contributed by atoms with E-state index in [0.717, 1.165) is 5.56 Å². The van der Waals surface area contributed by atoms with E-state index in [0.29, 0.717) is 22.2 Å². The molecule has 0 aliphatic carbocycles. The average Bonchev–Trinajstić information content (AvgIpc) is 3.40. The minimum atomic E-state index is -0.626. The molecule has 4 rings (SSSR count). The number of carbonyl (C=O) groups excluding carboxylic acids is 1. The number of hydrogen-bond donors (Lipinski definition) is 0. The van der Waals surface area contributed by atoms with E-state index in [1.807, 2.05) is 29.0 Å². The molecule has 6 nitrogen and oxygen atoms in total. The lowest BCUT2D eigenvalue weighted by molar-refractivity contribution is 0.0394. The average molecular weight is 387 g/mol. The summed E-state index contributed by atoms with van der Waals surface area (Å²) in [5, 5.41) is 8.21. The van der Waals surface area contributed by atoms with Crippen LogP contribution in [0.3, 0.4) is 0 Å². The minimum Gasteiger partial charge on any atom is -0.450 e. The van der Waals surface area contributed by atoms with Crippen LogP contribution in [0.5, 0.6) is 0 Å². The van der Waals surface area contributed by atoms with Gasteiger partial charge in [-0.1, -0.05) is 28.9 Å². The van der Waals surface area contributed by atoms with Gasteiger partial charge in [0.2, 0.25) is 11.6 Å². The molecule has 4 aromatic rings. The van der Waals surface area contributed by atoms with Crippen LogP contribution in [0.4, 0.5) is 0 Å². The predicted octanol–water partition coefficient (Wildman–Crippen LogP) is 5.07. The second kappa shape index (κ2) is 7.15. The van der Waals surface area contributed by atoms with Gasteiger partial charge in [-0.2, -0.15) is 16.3 Å². The van der Waals surface area contributed by atoms with E-state index < -0.39 is 5.97 Å². The molecule has 0 amide bonds. The van der Waals surface area contributed by atoms with Crippen LogP contribution in [-0.4, -0.2) is 16.1 Å². The Bertz CT molecular complexity index is 1040. The van der Waals surface area contributed by atoms with E-state index in [9.17, 15) is 4.79 Å². The topological polar surface area (TPSA) is 78.4 Å². The molecular weight excluding hydrogens is 376 g/mol. The maximum atomic E-state index is 12.1. The van der Waals surface area contributed by atoms with Crippen molar-refractivity contribution in [2.45, 2.75) is 6.61 Å². The summed E-state index contributed by atoms with van der Waals surface area (Å²) in [6.45, 7) is -0.141. The Morgan fingerprint density at radius 1 is 1.19 bits per heavy atom. The van der Waals surface area contributed by atoms with Gasteiger partial charge in [0.15, 0.2) is 6.61 Å². The fourth-order valence-electron chi connectivity index (χ4n) is 2.27. The molecule has 1 aromatic carbocycles. The van der Waals surface area contributed by atoms with Crippen LogP contribution in [-0.2, 0) is 11.3 Å². The maximum absolute atomic E-state index is 12.1. The largest absolute Gasteiger partial charge is 0.450 e. The molecule has 0 bridgehead atoms. The first-order valence-electron chi connectivity index (χ1n) is 7.58. The van der Waals surface area contributed by atoms with E-state index in [-0.39, 0.29) is 18.3 Å². The van der Waals surface area contributed by atoms with E-state index in [4.69, 9.17) is 25.3 Å². The molecule has 0 spiro atoms. The maximum Gasteiger partial charge on any atom is 0.374 e. The van der Waals surface area contributed by atoms with Crippen molar-refractivity contribution in [3.8, 4) is 22.7 Å². The third-order valence-electron chi connectivity index (χ3n) is 3.52. The van der Waals surface area contributed by atoms with Crippen molar-refractivity contribution in [3.05, 3.63) is 69.9 Å². The molecule has 130 valence electrons. The molecule has 0 saturated heterocycles. The molecule has 0 atom stereocenters. The van der Waals surface area contributed by atoms with Crippen molar-refractivity contribution < 1.29 is 18.5 Å². The normalized spacial score (nSPS) is 10.8. The van der Waals surface area contributed by atoms with Crippen LogP contribution in [0.1, 0.15) is 16.4 Å². The molecule has 0 N–H and O–H groups in total. The van der Waals surface area contributed by atoms with Crippen molar-refractivity contribution in [1.82, 2.24) is 10.1 Å².